The molecule has 0 aliphatic rings. The van der Waals surface area contributed by atoms with Crippen LogP contribution < -0.4 is 19.5 Å². The number of anilines is 1. The molecule has 1 N–H and O–H groups in total. The Morgan fingerprint density at radius 3 is 2.30 bits per heavy atom. The Labute approximate surface area is 162 Å². The SMILES string of the molecule is CCOc1cc(OC)c(-c2nc(NC)c(OC(CC)CC)nc2C)cc1C. The molecule has 6 nitrogen and oxygen atoms in total. The molecule has 0 amide bonds. The van der Waals surface area contributed by atoms with E-state index in [0.717, 1.165) is 41.1 Å². The summed E-state index contributed by atoms with van der Waals surface area (Å²) in [5.74, 6) is 2.67. The molecular formula is C21H31N3O3. The molecule has 1 aromatic heterocycles. The number of nitrogens with one attached hydrogen (secondary N) is 1. The first-order valence-corrected chi connectivity index (χ1v) is 9.53. The highest BCUT2D eigenvalue weighted by atomic mass is 16.5. The lowest BCUT2D eigenvalue weighted by atomic mass is 10.0. The largest absolute Gasteiger partial charge is 0.496 e. The summed E-state index contributed by atoms with van der Waals surface area (Å²) < 4.78 is 17.3. The van der Waals surface area contributed by atoms with Crippen LogP contribution in [-0.4, -0.2) is 36.8 Å². The quantitative estimate of drug-likeness (QED) is 0.682. The molecule has 1 heterocycles. The molecule has 0 fully saturated rings. The van der Waals surface area contributed by atoms with Crippen LogP contribution in [0.1, 0.15) is 44.9 Å². The third-order valence-electron chi connectivity index (χ3n) is 4.52. The third kappa shape index (κ3) is 4.62. The number of methoxy groups -OCH3 is 1. The van der Waals surface area contributed by atoms with Gasteiger partial charge in [-0.1, -0.05) is 13.8 Å². The second-order valence-electron chi connectivity index (χ2n) is 6.37. The average Bonchev–Trinajstić information content (AvgIpc) is 2.67. The fourth-order valence-electron chi connectivity index (χ4n) is 2.95. The summed E-state index contributed by atoms with van der Waals surface area (Å²) in [6.45, 7) is 10.7. The zero-order valence-corrected chi connectivity index (χ0v) is 17.5. The van der Waals surface area contributed by atoms with Gasteiger partial charge in [-0.25, -0.2) is 9.97 Å². The normalized spacial score (nSPS) is 10.8. The van der Waals surface area contributed by atoms with Crippen LogP contribution in [0.25, 0.3) is 11.3 Å². The molecule has 1 aromatic carbocycles. The van der Waals surface area contributed by atoms with Crippen molar-refractivity contribution in [3.05, 3.63) is 23.4 Å². The van der Waals surface area contributed by atoms with Crippen LogP contribution in [0.4, 0.5) is 5.82 Å². The highest BCUT2D eigenvalue weighted by Gasteiger charge is 2.19. The van der Waals surface area contributed by atoms with Crippen LogP contribution in [0.5, 0.6) is 17.4 Å². The number of hydrogen-bond donors (Lipinski definition) is 1. The molecule has 148 valence electrons. The molecule has 0 unspecified atom stereocenters. The van der Waals surface area contributed by atoms with Gasteiger partial charge in [0.2, 0.25) is 0 Å². The Morgan fingerprint density at radius 2 is 1.74 bits per heavy atom. The topological polar surface area (TPSA) is 65.5 Å². The lowest BCUT2D eigenvalue weighted by molar-refractivity contribution is 0.185. The van der Waals surface area contributed by atoms with E-state index in [1.54, 1.807) is 7.11 Å². The molecule has 0 bridgehead atoms. The lowest BCUT2D eigenvalue weighted by Gasteiger charge is -2.19. The van der Waals surface area contributed by atoms with Gasteiger partial charge < -0.3 is 19.5 Å². The molecule has 2 rings (SSSR count). The number of aryl methyl sites for hydroxylation is 2. The minimum atomic E-state index is 0.124. The average molecular weight is 373 g/mol. The van der Waals surface area contributed by atoms with Crippen LogP contribution in [0.15, 0.2) is 12.1 Å². The lowest BCUT2D eigenvalue weighted by Crippen LogP contribution is -2.16. The fraction of sp³-hybridized carbons (Fsp3) is 0.524. The Kier molecular flexibility index (Phi) is 7.28. The highest BCUT2D eigenvalue weighted by molar-refractivity contribution is 5.73. The van der Waals surface area contributed by atoms with Crippen molar-refractivity contribution in [3.63, 3.8) is 0 Å². The summed E-state index contributed by atoms with van der Waals surface area (Å²) >= 11 is 0. The van der Waals surface area contributed by atoms with Crippen LogP contribution in [0.3, 0.4) is 0 Å². The van der Waals surface area contributed by atoms with Gasteiger partial charge >= 0.3 is 0 Å². The molecule has 0 saturated carbocycles. The van der Waals surface area contributed by atoms with Crippen molar-refractivity contribution in [1.82, 2.24) is 9.97 Å². The minimum absolute atomic E-state index is 0.124. The van der Waals surface area contributed by atoms with Crippen LogP contribution in [0, 0.1) is 13.8 Å². The first kappa shape index (κ1) is 20.8. The molecule has 0 spiro atoms. The van der Waals surface area contributed by atoms with Gasteiger partial charge in [0.1, 0.15) is 17.6 Å². The molecule has 2 aromatic rings. The number of rotatable bonds is 9. The Balaban J connectivity index is 2.54. The highest BCUT2D eigenvalue weighted by Crippen LogP contribution is 2.38. The van der Waals surface area contributed by atoms with Crippen molar-refractivity contribution >= 4 is 5.82 Å². The van der Waals surface area contributed by atoms with Gasteiger partial charge in [0, 0.05) is 18.7 Å². The summed E-state index contributed by atoms with van der Waals surface area (Å²) in [4.78, 5) is 9.47. The number of benzene rings is 1. The zero-order valence-electron chi connectivity index (χ0n) is 17.5. The van der Waals surface area contributed by atoms with Gasteiger partial charge in [-0.3, -0.25) is 0 Å². The number of ether oxygens (including phenoxy) is 3. The molecule has 0 aliphatic heterocycles. The molecule has 0 saturated heterocycles. The predicted octanol–water partition coefficient (Wildman–Crippen LogP) is 4.78. The number of nitrogens with zero attached hydrogens (tertiary/aromatic N) is 2. The van der Waals surface area contributed by atoms with E-state index in [2.05, 4.69) is 24.1 Å². The van der Waals surface area contributed by atoms with E-state index in [1.165, 1.54) is 0 Å². The van der Waals surface area contributed by atoms with Crippen molar-refractivity contribution in [2.24, 2.45) is 0 Å². The molecule has 0 aliphatic carbocycles. The third-order valence-corrected chi connectivity index (χ3v) is 4.52. The summed E-state index contributed by atoms with van der Waals surface area (Å²) in [5, 5.41) is 3.11. The summed E-state index contributed by atoms with van der Waals surface area (Å²) in [6.07, 6.45) is 1.97. The fourth-order valence-corrected chi connectivity index (χ4v) is 2.95. The van der Waals surface area contributed by atoms with E-state index < -0.39 is 0 Å². The van der Waals surface area contributed by atoms with Crippen molar-refractivity contribution in [1.29, 1.82) is 0 Å². The predicted molar refractivity (Wildman–Crippen MR) is 109 cm³/mol. The number of aromatic nitrogens is 2. The van der Waals surface area contributed by atoms with Crippen LogP contribution in [0.2, 0.25) is 0 Å². The second-order valence-corrected chi connectivity index (χ2v) is 6.37. The Morgan fingerprint density at radius 1 is 1.04 bits per heavy atom. The van der Waals surface area contributed by atoms with Crippen molar-refractivity contribution < 1.29 is 14.2 Å². The van der Waals surface area contributed by atoms with E-state index in [9.17, 15) is 0 Å². The summed E-state index contributed by atoms with van der Waals surface area (Å²) in [6, 6.07) is 3.94. The maximum Gasteiger partial charge on any atom is 0.257 e. The van der Waals surface area contributed by atoms with Gasteiger partial charge in [-0.2, -0.15) is 0 Å². The Hall–Kier alpha value is -2.50. The van der Waals surface area contributed by atoms with Crippen LogP contribution >= 0.6 is 0 Å². The minimum Gasteiger partial charge on any atom is -0.496 e. The molecular weight excluding hydrogens is 342 g/mol. The van der Waals surface area contributed by atoms with Crippen LogP contribution in [-0.2, 0) is 0 Å². The summed E-state index contributed by atoms with van der Waals surface area (Å²) in [7, 11) is 3.47. The summed E-state index contributed by atoms with van der Waals surface area (Å²) in [5.41, 5.74) is 3.46. The number of hydrogen-bond acceptors (Lipinski definition) is 6. The zero-order chi connectivity index (χ0) is 20.0. The first-order chi connectivity index (χ1) is 13.0. The molecule has 0 atom stereocenters. The maximum absolute atomic E-state index is 6.05. The van der Waals surface area contributed by atoms with E-state index in [0.29, 0.717) is 24.1 Å². The van der Waals surface area contributed by atoms with Crippen molar-refractivity contribution in [2.45, 2.75) is 53.6 Å². The van der Waals surface area contributed by atoms with Gasteiger partial charge in [-0.05, 0) is 45.2 Å². The van der Waals surface area contributed by atoms with Crippen molar-refractivity contribution in [3.8, 4) is 28.6 Å². The van der Waals surface area contributed by atoms with Gasteiger partial charge in [0.25, 0.3) is 5.88 Å². The van der Waals surface area contributed by atoms with E-state index in [1.807, 2.05) is 40.0 Å². The maximum atomic E-state index is 6.05. The van der Waals surface area contributed by atoms with Gasteiger partial charge in [0.05, 0.1) is 25.1 Å². The monoisotopic (exact) mass is 373 g/mol. The second kappa shape index (κ2) is 9.44. The van der Waals surface area contributed by atoms with Crippen molar-refractivity contribution in [2.75, 3.05) is 26.1 Å². The first-order valence-electron chi connectivity index (χ1n) is 9.53. The van der Waals surface area contributed by atoms with E-state index in [4.69, 9.17) is 19.2 Å². The van der Waals surface area contributed by atoms with E-state index >= 15 is 0 Å². The Bertz CT molecular complexity index is 774. The molecule has 6 heteroatoms. The van der Waals surface area contributed by atoms with Gasteiger partial charge in [-0.15, -0.1) is 0 Å². The molecule has 27 heavy (non-hydrogen) atoms. The smallest absolute Gasteiger partial charge is 0.257 e. The molecule has 0 radical (unpaired) electrons. The van der Waals surface area contributed by atoms with E-state index in [-0.39, 0.29) is 6.10 Å². The van der Waals surface area contributed by atoms with Gasteiger partial charge in [0.15, 0.2) is 5.82 Å². The standard InChI is InChI=1S/C21H31N3O3/c1-8-15(9-2)27-21-20(22-6)24-19(14(5)23-21)16-11-13(4)17(26-10-3)12-18(16)25-7/h11-12,15H,8-10H2,1-7H3,(H,22,24).